The number of hydrogen-bond acceptors (Lipinski definition) is 2. The van der Waals surface area contributed by atoms with Crippen molar-refractivity contribution in [3.63, 3.8) is 0 Å². The Balaban J connectivity index is 2.03. The number of aryl methyl sites for hydroxylation is 1. The first-order chi connectivity index (χ1) is 7.49. The van der Waals surface area contributed by atoms with Crippen molar-refractivity contribution in [1.29, 1.82) is 0 Å². The van der Waals surface area contributed by atoms with Crippen molar-refractivity contribution in [1.82, 2.24) is 9.88 Å². The smallest absolute Gasteiger partial charge is 0.371 e. The highest BCUT2D eigenvalue weighted by molar-refractivity contribution is 5.05. The summed E-state index contributed by atoms with van der Waals surface area (Å²) < 4.78 is 41.5. The largest absolute Gasteiger partial charge is 0.411 e. The van der Waals surface area contributed by atoms with Crippen LogP contribution in [0.15, 0.2) is 18.3 Å². The van der Waals surface area contributed by atoms with Crippen LogP contribution in [-0.2, 0) is 18.3 Å². The summed E-state index contributed by atoms with van der Waals surface area (Å²) >= 11 is 0. The molecule has 0 aliphatic carbocycles. The van der Waals surface area contributed by atoms with Crippen LogP contribution in [0.3, 0.4) is 0 Å². The molecule has 1 heterocycles. The Morgan fingerprint density at radius 1 is 1.44 bits per heavy atom. The Morgan fingerprint density at radius 2 is 2.19 bits per heavy atom. The molecule has 0 aliphatic rings. The van der Waals surface area contributed by atoms with E-state index in [1.165, 1.54) is 0 Å². The lowest BCUT2D eigenvalue weighted by molar-refractivity contribution is -0.173. The lowest BCUT2D eigenvalue weighted by atomic mass is 10.4. The van der Waals surface area contributed by atoms with E-state index in [0.29, 0.717) is 13.1 Å². The van der Waals surface area contributed by atoms with Crippen LogP contribution >= 0.6 is 0 Å². The number of alkyl halides is 3. The third kappa shape index (κ3) is 5.18. The van der Waals surface area contributed by atoms with Gasteiger partial charge >= 0.3 is 6.18 Å². The zero-order valence-corrected chi connectivity index (χ0v) is 9.05. The van der Waals surface area contributed by atoms with E-state index >= 15 is 0 Å². The van der Waals surface area contributed by atoms with E-state index < -0.39 is 12.8 Å². The number of hydrogen-bond donors (Lipinski definition) is 1. The van der Waals surface area contributed by atoms with Gasteiger partial charge in [-0.25, -0.2) is 0 Å². The quantitative estimate of drug-likeness (QED) is 0.761. The molecule has 1 rings (SSSR count). The monoisotopic (exact) mass is 236 g/mol. The van der Waals surface area contributed by atoms with Crippen LogP contribution in [-0.4, -0.2) is 30.5 Å². The minimum atomic E-state index is -4.24. The van der Waals surface area contributed by atoms with Gasteiger partial charge in [0.25, 0.3) is 0 Å². The van der Waals surface area contributed by atoms with Crippen LogP contribution in [0.5, 0.6) is 0 Å². The minimum Gasteiger partial charge on any atom is -0.371 e. The number of rotatable bonds is 6. The molecule has 16 heavy (non-hydrogen) atoms. The van der Waals surface area contributed by atoms with Gasteiger partial charge in [-0.1, -0.05) is 0 Å². The van der Waals surface area contributed by atoms with Gasteiger partial charge in [0.05, 0.1) is 6.61 Å². The van der Waals surface area contributed by atoms with Crippen LogP contribution in [0.1, 0.15) is 5.69 Å². The van der Waals surface area contributed by atoms with Crippen molar-refractivity contribution in [3.05, 3.63) is 24.0 Å². The van der Waals surface area contributed by atoms with Crippen molar-refractivity contribution >= 4 is 0 Å². The molecule has 0 radical (unpaired) electrons. The van der Waals surface area contributed by atoms with Gasteiger partial charge in [-0.05, 0) is 12.1 Å². The van der Waals surface area contributed by atoms with Crippen LogP contribution in [0.4, 0.5) is 13.2 Å². The molecule has 3 nitrogen and oxygen atoms in total. The molecule has 1 aromatic rings. The van der Waals surface area contributed by atoms with E-state index in [0.717, 1.165) is 5.69 Å². The van der Waals surface area contributed by atoms with E-state index in [1.54, 1.807) is 0 Å². The summed E-state index contributed by atoms with van der Waals surface area (Å²) in [6.07, 6.45) is -2.32. The number of ether oxygens (including phenoxy) is 1. The first kappa shape index (κ1) is 13.1. The molecule has 1 aromatic heterocycles. The molecule has 0 aliphatic heterocycles. The number of nitrogens with one attached hydrogen (secondary N) is 1. The fraction of sp³-hybridized carbons (Fsp3) is 0.600. The molecule has 6 heteroatoms. The van der Waals surface area contributed by atoms with E-state index in [9.17, 15) is 13.2 Å². The van der Waals surface area contributed by atoms with E-state index in [1.807, 2.05) is 29.9 Å². The molecule has 0 unspecified atom stereocenters. The van der Waals surface area contributed by atoms with Gasteiger partial charge in [0.1, 0.15) is 6.61 Å². The molecular weight excluding hydrogens is 221 g/mol. The number of aromatic nitrogens is 1. The summed E-state index contributed by atoms with van der Waals surface area (Å²) in [5.41, 5.74) is 1.08. The van der Waals surface area contributed by atoms with Gasteiger partial charge in [0.2, 0.25) is 0 Å². The van der Waals surface area contributed by atoms with E-state index in [2.05, 4.69) is 10.1 Å². The minimum absolute atomic E-state index is 0.0595. The van der Waals surface area contributed by atoms with Crippen LogP contribution in [0.2, 0.25) is 0 Å². The molecule has 1 N–H and O–H groups in total. The normalized spacial score (nSPS) is 12.0. The predicted molar refractivity (Wildman–Crippen MR) is 54.0 cm³/mol. The van der Waals surface area contributed by atoms with E-state index in [4.69, 9.17) is 0 Å². The van der Waals surface area contributed by atoms with Gasteiger partial charge in [-0.2, -0.15) is 13.2 Å². The second-order valence-corrected chi connectivity index (χ2v) is 3.45. The molecule has 0 spiro atoms. The molecule has 0 amide bonds. The predicted octanol–water partition coefficient (Wildman–Crippen LogP) is 1.69. The van der Waals surface area contributed by atoms with Crippen molar-refractivity contribution in [2.24, 2.45) is 7.05 Å². The standard InChI is InChI=1S/C10H15F3N2O/c1-15-5-2-3-9(15)7-14-4-6-16-8-10(11,12)13/h2-3,5,14H,4,6-8H2,1H3. The first-order valence-electron chi connectivity index (χ1n) is 4.94. The SMILES string of the molecule is Cn1cccc1CNCCOCC(F)(F)F. The molecule has 0 atom stereocenters. The van der Waals surface area contributed by atoms with Crippen molar-refractivity contribution in [2.75, 3.05) is 19.8 Å². The third-order valence-corrected chi connectivity index (χ3v) is 2.05. The average Bonchev–Trinajstić information content (AvgIpc) is 2.56. The maximum absolute atomic E-state index is 11.7. The molecule has 0 bridgehead atoms. The highest BCUT2D eigenvalue weighted by Gasteiger charge is 2.27. The summed E-state index contributed by atoms with van der Waals surface area (Å²) in [6, 6.07) is 3.86. The molecule has 92 valence electrons. The zero-order valence-electron chi connectivity index (χ0n) is 9.05. The Labute approximate surface area is 92.2 Å². The van der Waals surface area contributed by atoms with Gasteiger partial charge in [-0.3, -0.25) is 0 Å². The van der Waals surface area contributed by atoms with Gasteiger partial charge < -0.3 is 14.6 Å². The fourth-order valence-electron chi connectivity index (χ4n) is 1.23. The first-order valence-corrected chi connectivity index (χ1v) is 4.94. The lowest BCUT2D eigenvalue weighted by Crippen LogP contribution is -2.24. The van der Waals surface area contributed by atoms with E-state index in [-0.39, 0.29) is 6.61 Å². The van der Waals surface area contributed by atoms with Gasteiger partial charge in [-0.15, -0.1) is 0 Å². The van der Waals surface area contributed by atoms with Crippen molar-refractivity contribution < 1.29 is 17.9 Å². The Bertz CT molecular complexity index is 309. The van der Waals surface area contributed by atoms with Crippen molar-refractivity contribution in [3.8, 4) is 0 Å². The third-order valence-electron chi connectivity index (χ3n) is 2.05. The van der Waals surface area contributed by atoms with Gasteiger partial charge in [0.15, 0.2) is 0 Å². The molecule has 0 saturated carbocycles. The molecule has 0 fully saturated rings. The van der Waals surface area contributed by atoms with Gasteiger partial charge in [0, 0.05) is 32.0 Å². The van der Waals surface area contributed by atoms with Crippen molar-refractivity contribution in [2.45, 2.75) is 12.7 Å². The molecular formula is C10H15F3N2O. The maximum Gasteiger partial charge on any atom is 0.411 e. The average molecular weight is 236 g/mol. The number of nitrogens with zero attached hydrogens (tertiary/aromatic N) is 1. The van der Waals surface area contributed by atoms with Crippen LogP contribution in [0.25, 0.3) is 0 Å². The summed E-state index contributed by atoms with van der Waals surface area (Å²) in [5, 5.41) is 3.00. The summed E-state index contributed by atoms with van der Waals surface area (Å²) in [5.74, 6) is 0. The highest BCUT2D eigenvalue weighted by atomic mass is 19.4. The lowest BCUT2D eigenvalue weighted by Gasteiger charge is -2.08. The molecule has 0 aromatic carbocycles. The second kappa shape index (κ2) is 5.91. The summed E-state index contributed by atoms with van der Waals surface area (Å²) in [6.45, 7) is -0.0943. The zero-order chi connectivity index (χ0) is 12.0. The fourth-order valence-corrected chi connectivity index (χ4v) is 1.23. The maximum atomic E-state index is 11.7. The second-order valence-electron chi connectivity index (χ2n) is 3.45. The summed E-state index contributed by atoms with van der Waals surface area (Å²) in [7, 11) is 1.91. The van der Waals surface area contributed by atoms with Crippen LogP contribution < -0.4 is 5.32 Å². The topological polar surface area (TPSA) is 26.2 Å². The Hall–Kier alpha value is -1.01. The van der Waals surface area contributed by atoms with Crippen LogP contribution in [0, 0.1) is 0 Å². The Morgan fingerprint density at radius 3 is 2.75 bits per heavy atom. The Kier molecular flexibility index (Phi) is 4.82. The number of halogens is 3. The molecule has 0 saturated heterocycles. The highest BCUT2D eigenvalue weighted by Crippen LogP contribution is 2.13. The summed E-state index contributed by atoms with van der Waals surface area (Å²) in [4.78, 5) is 0.